The molecule has 108 valence electrons. The monoisotopic (exact) mass is 408 g/mol. The van der Waals surface area contributed by atoms with Crippen LogP contribution in [0.1, 0.15) is 31.6 Å². The smallest absolute Gasteiger partial charge is 0.0843 e. The van der Waals surface area contributed by atoms with E-state index < -0.39 is 0 Å². The minimum Gasteiger partial charge on any atom is -0.316 e. The minimum atomic E-state index is 0.599. The fourth-order valence-corrected chi connectivity index (χ4v) is 4.74. The molecule has 0 amide bonds. The Morgan fingerprint density at radius 1 is 1.47 bits per heavy atom. The summed E-state index contributed by atoms with van der Waals surface area (Å²) in [6, 6.07) is 2.84. The molecule has 1 aliphatic heterocycles. The van der Waals surface area contributed by atoms with Crippen LogP contribution in [0.4, 0.5) is 0 Å². The maximum Gasteiger partial charge on any atom is 0.0843 e. The van der Waals surface area contributed by atoms with Gasteiger partial charge in [0.15, 0.2) is 0 Å². The normalized spacial score (nSPS) is 20.4. The molecule has 19 heavy (non-hydrogen) atoms. The Hall–Kier alpha value is 0.580. The number of halogens is 2. The van der Waals surface area contributed by atoms with Crippen molar-refractivity contribution in [2.24, 2.45) is 5.92 Å². The first-order valence-electron chi connectivity index (χ1n) is 6.94. The summed E-state index contributed by atoms with van der Waals surface area (Å²) in [6.45, 7) is 9.24. The molecule has 1 fully saturated rings. The molecule has 0 spiro atoms. The maximum atomic E-state index is 3.58. The van der Waals surface area contributed by atoms with E-state index in [0.29, 0.717) is 6.04 Å². The molecular weight excluding hydrogens is 388 g/mol. The van der Waals surface area contributed by atoms with Gasteiger partial charge in [0.05, 0.1) is 3.79 Å². The van der Waals surface area contributed by atoms with Crippen molar-refractivity contribution in [2.45, 2.75) is 39.3 Å². The molecule has 0 aromatic carbocycles. The molecule has 1 saturated heterocycles. The Balaban J connectivity index is 1.95. The van der Waals surface area contributed by atoms with E-state index in [1.54, 1.807) is 0 Å². The largest absolute Gasteiger partial charge is 0.316 e. The topological polar surface area (TPSA) is 15.3 Å². The van der Waals surface area contributed by atoms with Crippen molar-refractivity contribution in [3.63, 3.8) is 0 Å². The van der Waals surface area contributed by atoms with E-state index in [-0.39, 0.29) is 0 Å². The number of hydrogen-bond donors (Lipinski definition) is 1. The molecule has 2 rings (SSSR count). The van der Waals surface area contributed by atoms with Gasteiger partial charge in [0.25, 0.3) is 0 Å². The first-order valence-corrected chi connectivity index (χ1v) is 9.35. The molecule has 2 heterocycles. The van der Waals surface area contributed by atoms with Gasteiger partial charge in [0.2, 0.25) is 0 Å². The predicted molar refractivity (Wildman–Crippen MR) is 90.9 cm³/mol. The first-order chi connectivity index (χ1) is 9.06. The quantitative estimate of drug-likeness (QED) is 0.770. The molecular formula is C14H22Br2N2S. The van der Waals surface area contributed by atoms with Gasteiger partial charge < -0.3 is 5.32 Å². The van der Waals surface area contributed by atoms with Crippen molar-refractivity contribution in [3.05, 3.63) is 19.2 Å². The van der Waals surface area contributed by atoms with Gasteiger partial charge in [-0.3, -0.25) is 4.90 Å². The van der Waals surface area contributed by atoms with Gasteiger partial charge in [-0.25, -0.2) is 0 Å². The van der Waals surface area contributed by atoms with E-state index in [0.717, 1.165) is 12.5 Å². The van der Waals surface area contributed by atoms with Crippen LogP contribution in [0.15, 0.2) is 14.3 Å². The molecule has 0 aliphatic carbocycles. The zero-order chi connectivity index (χ0) is 13.8. The van der Waals surface area contributed by atoms with E-state index >= 15 is 0 Å². The lowest BCUT2D eigenvalue weighted by Crippen LogP contribution is -2.40. The van der Waals surface area contributed by atoms with Crippen LogP contribution in [0, 0.1) is 5.92 Å². The Labute approximate surface area is 137 Å². The van der Waals surface area contributed by atoms with E-state index in [1.807, 2.05) is 11.3 Å². The SMILES string of the molecule is CC(C)N(Cc1cc(Br)c(Br)s1)CC1CCCNC1. The van der Waals surface area contributed by atoms with Crippen molar-refractivity contribution in [2.75, 3.05) is 19.6 Å². The Kier molecular flexibility index (Phi) is 6.34. The van der Waals surface area contributed by atoms with Crippen LogP contribution in [-0.2, 0) is 6.54 Å². The summed E-state index contributed by atoms with van der Waals surface area (Å²) < 4.78 is 2.38. The molecule has 2 nitrogen and oxygen atoms in total. The van der Waals surface area contributed by atoms with Crippen LogP contribution in [0.5, 0.6) is 0 Å². The van der Waals surface area contributed by atoms with Gasteiger partial charge in [-0.05, 0) is 83.6 Å². The van der Waals surface area contributed by atoms with E-state index in [9.17, 15) is 0 Å². The third kappa shape index (κ3) is 4.81. The summed E-state index contributed by atoms with van der Waals surface area (Å²) in [4.78, 5) is 4.03. The molecule has 1 atom stereocenters. The molecule has 1 N–H and O–H groups in total. The highest BCUT2D eigenvalue weighted by molar-refractivity contribution is 9.13. The number of thiophene rings is 1. The molecule has 1 aromatic rings. The van der Waals surface area contributed by atoms with Crippen molar-refractivity contribution in [3.8, 4) is 0 Å². The predicted octanol–water partition coefficient (Wildman–Crippen LogP) is 4.48. The van der Waals surface area contributed by atoms with Crippen LogP contribution in [0.3, 0.4) is 0 Å². The fraction of sp³-hybridized carbons (Fsp3) is 0.714. The van der Waals surface area contributed by atoms with Crippen molar-refractivity contribution in [1.82, 2.24) is 10.2 Å². The average Bonchev–Trinajstić information content (AvgIpc) is 2.69. The van der Waals surface area contributed by atoms with Crippen molar-refractivity contribution < 1.29 is 0 Å². The highest BCUT2D eigenvalue weighted by Crippen LogP contribution is 2.33. The third-order valence-corrected chi connectivity index (χ3v) is 6.92. The lowest BCUT2D eigenvalue weighted by molar-refractivity contribution is 0.165. The van der Waals surface area contributed by atoms with Crippen molar-refractivity contribution >= 4 is 43.2 Å². The number of rotatable bonds is 5. The van der Waals surface area contributed by atoms with Gasteiger partial charge >= 0.3 is 0 Å². The van der Waals surface area contributed by atoms with Crippen LogP contribution in [0.25, 0.3) is 0 Å². The van der Waals surface area contributed by atoms with E-state index in [1.165, 1.54) is 45.6 Å². The summed E-state index contributed by atoms with van der Waals surface area (Å²) in [6.07, 6.45) is 2.70. The van der Waals surface area contributed by atoms with Crippen LogP contribution in [0.2, 0.25) is 0 Å². The standard InChI is InChI=1S/C14H22Br2N2S/c1-10(2)18(8-11-4-3-5-17-7-11)9-12-6-13(15)14(16)19-12/h6,10-11,17H,3-5,7-9H2,1-2H3. The number of piperidine rings is 1. The summed E-state index contributed by atoms with van der Waals surface area (Å²) in [5.74, 6) is 0.808. The average molecular weight is 410 g/mol. The lowest BCUT2D eigenvalue weighted by Gasteiger charge is -2.32. The van der Waals surface area contributed by atoms with Gasteiger partial charge in [0, 0.05) is 28.5 Å². The zero-order valence-electron chi connectivity index (χ0n) is 11.6. The molecule has 0 saturated carbocycles. The lowest BCUT2D eigenvalue weighted by atomic mass is 9.98. The highest BCUT2D eigenvalue weighted by Gasteiger charge is 2.19. The zero-order valence-corrected chi connectivity index (χ0v) is 15.6. The van der Waals surface area contributed by atoms with Crippen molar-refractivity contribution in [1.29, 1.82) is 0 Å². The molecule has 0 bridgehead atoms. The van der Waals surface area contributed by atoms with Gasteiger partial charge in [0.1, 0.15) is 0 Å². The highest BCUT2D eigenvalue weighted by atomic mass is 79.9. The second-order valence-electron chi connectivity index (χ2n) is 5.57. The molecule has 1 aromatic heterocycles. The maximum absolute atomic E-state index is 3.58. The number of nitrogens with zero attached hydrogens (tertiary/aromatic N) is 1. The molecule has 0 radical (unpaired) electrons. The third-order valence-electron chi connectivity index (χ3n) is 3.68. The molecule has 1 unspecified atom stereocenters. The van der Waals surface area contributed by atoms with E-state index in [4.69, 9.17) is 0 Å². The summed E-state index contributed by atoms with van der Waals surface area (Å²) in [7, 11) is 0. The minimum absolute atomic E-state index is 0.599. The summed E-state index contributed by atoms with van der Waals surface area (Å²) in [5.41, 5.74) is 0. The number of nitrogens with one attached hydrogen (secondary N) is 1. The number of hydrogen-bond acceptors (Lipinski definition) is 3. The Morgan fingerprint density at radius 3 is 2.79 bits per heavy atom. The molecule has 1 aliphatic rings. The molecule has 5 heteroatoms. The van der Waals surface area contributed by atoms with E-state index in [2.05, 4.69) is 62.0 Å². The summed E-state index contributed by atoms with van der Waals surface area (Å²) in [5, 5.41) is 3.52. The van der Waals surface area contributed by atoms with Gasteiger partial charge in [-0.15, -0.1) is 11.3 Å². The van der Waals surface area contributed by atoms with Crippen LogP contribution >= 0.6 is 43.2 Å². The van der Waals surface area contributed by atoms with Gasteiger partial charge in [-0.1, -0.05) is 0 Å². The van der Waals surface area contributed by atoms with Crippen LogP contribution in [-0.4, -0.2) is 30.6 Å². The Morgan fingerprint density at radius 2 is 2.26 bits per heavy atom. The summed E-state index contributed by atoms with van der Waals surface area (Å²) >= 11 is 9.00. The van der Waals surface area contributed by atoms with Crippen LogP contribution < -0.4 is 5.32 Å². The second kappa shape index (κ2) is 7.55. The van der Waals surface area contributed by atoms with Gasteiger partial charge in [-0.2, -0.15) is 0 Å². The Bertz CT molecular complexity index is 381. The first kappa shape index (κ1) is 16.0. The fourth-order valence-electron chi connectivity index (χ4n) is 2.54. The second-order valence-corrected chi connectivity index (χ2v) is 8.88.